The molecule has 0 aromatic heterocycles. The number of fused-ring (bicyclic) bond motifs is 4. The fourth-order valence-electron chi connectivity index (χ4n) is 13.0. The molecule has 3 aromatic carbocycles. The molecule has 6 fully saturated rings. The number of carbonyl (C=O) groups is 2. The van der Waals surface area contributed by atoms with Crippen LogP contribution in [0, 0.1) is 61.9 Å². The average molecular weight is 892 g/mol. The molecule has 3 aromatic rings. The van der Waals surface area contributed by atoms with E-state index in [1.165, 1.54) is 41.7 Å². The number of carbonyl (C=O) groups excluding carboxylic acids is 2. The van der Waals surface area contributed by atoms with Gasteiger partial charge in [0.15, 0.2) is 0 Å². The Balaban J connectivity index is 0.817. The van der Waals surface area contributed by atoms with Crippen LogP contribution < -0.4 is 14.9 Å². The van der Waals surface area contributed by atoms with Crippen LogP contribution in [0.1, 0.15) is 101 Å². The number of nitro groups is 1. The van der Waals surface area contributed by atoms with Gasteiger partial charge in [-0.2, -0.15) is 0 Å². The molecule has 6 atom stereocenters. The minimum atomic E-state index is -4.40. The summed E-state index contributed by atoms with van der Waals surface area (Å²) in [7, 11) is -4.40. The van der Waals surface area contributed by atoms with Crippen molar-refractivity contribution in [2.24, 2.45) is 51.8 Å². The lowest BCUT2D eigenvalue weighted by Gasteiger charge is -2.62. The molecule has 342 valence electrons. The molecule has 64 heavy (non-hydrogen) atoms. The van der Waals surface area contributed by atoms with E-state index in [9.17, 15) is 28.1 Å². The summed E-state index contributed by atoms with van der Waals surface area (Å²) < 4.78 is 34.0. The number of allylic oxidation sites excluding steroid dienone is 2. The molecule has 5 aliphatic carbocycles. The molecule has 4 saturated carbocycles. The molecule has 2 heterocycles. The highest BCUT2D eigenvalue weighted by Crippen LogP contribution is 2.70. The Labute approximate surface area is 378 Å². The summed E-state index contributed by atoms with van der Waals surface area (Å²) >= 11 is 0. The molecule has 10 rings (SSSR count). The third-order valence-electron chi connectivity index (χ3n) is 17.3. The highest BCUT2D eigenvalue weighted by Gasteiger charge is 2.65. The monoisotopic (exact) mass is 891 g/mol. The normalized spacial score (nSPS) is 28.5. The van der Waals surface area contributed by atoms with Gasteiger partial charge in [0, 0.05) is 76.2 Å². The van der Waals surface area contributed by atoms with E-state index in [0.717, 1.165) is 82.0 Å². The van der Waals surface area contributed by atoms with Crippen molar-refractivity contribution in [3.8, 4) is 0 Å². The number of hydrogen-bond donors (Lipinski definition) is 2. The largest absolute Gasteiger partial charge is 0.381 e. The first-order valence-corrected chi connectivity index (χ1v) is 25.1. The van der Waals surface area contributed by atoms with Crippen molar-refractivity contribution >= 4 is 44.3 Å². The van der Waals surface area contributed by atoms with Crippen LogP contribution in [-0.2, 0) is 26.1 Å². The van der Waals surface area contributed by atoms with Gasteiger partial charge in [-0.15, -0.1) is 0 Å². The molecule has 2 saturated heterocycles. The van der Waals surface area contributed by atoms with E-state index < -0.39 is 26.3 Å². The van der Waals surface area contributed by atoms with Gasteiger partial charge in [-0.05, 0) is 138 Å². The molecule has 13 heteroatoms. The number of anilines is 2. The fourth-order valence-corrected chi connectivity index (χ4v) is 14.0. The molecule has 0 radical (unpaired) electrons. The number of nitrogens with one attached hydrogen (secondary N) is 2. The van der Waals surface area contributed by atoms with Crippen LogP contribution in [0.25, 0.3) is 5.57 Å². The maximum Gasteiger partial charge on any atom is 0.293 e. The fraction of sp³-hybridized carbons (Fsp3) is 0.569. The summed E-state index contributed by atoms with van der Waals surface area (Å²) in [4.78, 5) is 43.8. The number of amides is 1. The van der Waals surface area contributed by atoms with Crippen molar-refractivity contribution in [3.63, 3.8) is 0 Å². The highest BCUT2D eigenvalue weighted by molar-refractivity contribution is 7.90. The summed E-state index contributed by atoms with van der Waals surface area (Å²) in [5, 5.41) is 15.0. The van der Waals surface area contributed by atoms with E-state index in [0.29, 0.717) is 61.0 Å². The van der Waals surface area contributed by atoms with Crippen LogP contribution in [0.2, 0.25) is 0 Å². The number of piperazine rings is 1. The summed E-state index contributed by atoms with van der Waals surface area (Å²) in [5.41, 5.74) is 4.56. The van der Waals surface area contributed by atoms with Crippen molar-refractivity contribution in [2.75, 3.05) is 56.2 Å². The van der Waals surface area contributed by atoms with Crippen LogP contribution in [0.15, 0.2) is 77.7 Å². The Morgan fingerprint density at radius 3 is 2.31 bits per heavy atom. The number of benzene rings is 3. The number of sulfonamides is 1. The molecule has 4 bridgehead atoms. The topological polar surface area (TPSA) is 151 Å². The van der Waals surface area contributed by atoms with E-state index >= 15 is 0 Å². The molecule has 2 unspecified atom stereocenters. The lowest BCUT2D eigenvalue weighted by molar-refractivity contribution is -0.384. The molecular weight excluding hydrogens is 827 g/mol. The molecule has 0 spiro atoms. The molecule has 1 amide bonds. The Hall–Kier alpha value is -4.59. The maximum absolute atomic E-state index is 14.9. The lowest BCUT2D eigenvalue weighted by atomic mass is 9.43. The predicted molar refractivity (Wildman–Crippen MR) is 249 cm³/mol. The van der Waals surface area contributed by atoms with Crippen LogP contribution in [0.5, 0.6) is 0 Å². The van der Waals surface area contributed by atoms with Crippen LogP contribution in [0.4, 0.5) is 17.1 Å². The highest BCUT2D eigenvalue weighted by atomic mass is 32.2. The first-order chi connectivity index (χ1) is 30.5. The summed E-state index contributed by atoms with van der Waals surface area (Å²) in [5.74, 6) is 2.88. The van der Waals surface area contributed by atoms with Gasteiger partial charge in [0.1, 0.15) is 11.5 Å². The van der Waals surface area contributed by atoms with Gasteiger partial charge in [-0.25, -0.2) is 13.1 Å². The van der Waals surface area contributed by atoms with Crippen molar-refractivity contribution in [3.05, 3.63) is 99.6 Å². The first kappa shape index (κ1) is 44.6. The van der Waals surface area contributed by atoms with E-state index in [2.05, 4.69) is 84.8 Å². The van der Waals surface area contributed by atoms with Gasteiger partial charge in [0.2, 0.25) is 0 Å². The van der Waals surface area contributed by atoms with Gasteiger partial charge in [-0.1, -0.05) is 65.0 Å². The zero-order chi connectivity index (χ0) is 45.2. The van der Waals surface area contributed by atoms with Gasteiger partial charge in [-0.3, -0.25) is 24.6 Å². The van der Waals surface area contributed by atoms with Gasteiger partial charge >= 0.3 is 0 Å². The Morgan fingerprint density at radius 2 is 1.64 bits per heavy atom. The minimum absolute atomic E-state index is 0.110. The van der Waals surface area contributed by atoms with Crippen molar-refractivity contribution in [2.45, 2.75) is 91.0 Å². The molecular formula is C51H65N5O7S. The van der Waals surface area contributed by atoms with Crippen LogP contribution in [-0.4, -0.2) is 75.9 Å². The summed E-state index contributed by atoms with van der Waals surface area (Å²) in [6.07, 6.45) is 9.38. The number of Topliss-reactive ketones (excluding diaryl/α,β-unsaturated/α-hetero) is 1. The van der Waals surface area contributed by atoms with Crippen LogP contribution >= 0.6 is 0 Å². The third kappa shape index (κ3) is 7.86. The number of ether oxygens (including phenoxy) is 1. The number of nitrogens with zero attached hydrogens (tertiary/aromatic N) is 3. The van der Waals surface area contributed by atoms with Crippen LogP contribution in [0.3, 0.4) is 0 Å². The second kappa shape index (κ2) is 17.0. The third-order valence-corrected chi connectivity index (χ3v) is 18.6. The second-order valence-electron chi connectivity index (χ2n) is 21.0. The maximum atomic E-state index is 14.9. The van der Waals surface area contributed by atoms with Crippen molar-refractivity contribution < 1.29 is 27.7 Å². The molecule has 12 nitrogen and oxygen atoms in total. The number of hydrogen-bond acceptors (Lipinski definition) is 10. The SMILES string of the molecule is C[C@@H]1[C@@H](CC(=O)C23CCC(C=C2c2ccccc2CN2CCN(c4ccc(C(=O)NS(=O)(=O)c5ccc(NCC6CCOCC6)c([N+](=O)[O-])c5)cc4)CC2)C3(C)C)C[C@H]2C[C@@H]1C2(C)C. The molecule has 7 aliphatic rings. The minimum Gasteiger partial charge on any atom is -0.381 e. The summed E-state index contributed by atoms with van der Waals surface area (Å²) in [6, 6.07) is 19.2. The number of nitro benzene ring substituents is 1. The predicted octanol–water partition coefficient (Wildman–Crippen LogP) is 8.97. The molecule has 2 aliphatic heterocycles. The van der Waals surface area contributed by atoms with E-state index in [4.69, 9.17) is 4.74 Å². The Kier molecular flexibility index (Phi) is 11.8. The lowest BCUT2D eigenvalue weighted by Crippen LogP contribution is -2.55. The standard InChI is InChI=1S/C51H65N5O7S/c1-33-37(26-39-29-43(33)49(39,2)3)27-47(57)51-19-16-38(50(51,4)5)28-44(51)42-9-7-6-8-36(42)32-54-20-22-55(23-21-54)40-12-10-35(11-13-40)48(58)53-64(61,62)41-14-15-45(46(30-41)56(59)60)52-31-34-17-24-63-25-18-34/h6-15,28,30,33-34,37-39,43,52H,16-27,29,31-32H2,1-5H3,(H,53,58)/t33-,37-,38?,39+,43+,51?/m1/s1. The Bertz CT molecular complexity index is 2440. The van der Waals surface area contributed by atoms with E-state index in [1.807, 2.05) is 12.1 Å². The molecule has 2 N–H and O–H groups in total. The van der Waals surface area contributed by atoms with Gasteiger partial charge < -0.3 is 15.0 Å². The van der Waals surface area contributed by atoms with E-state index in [-0.39, 0.29) is 27.2 Å². The van der Waals surface area contributed by atoms with E-state index in [1.54, 1.807) is 12.1 Å². The van der Waals surface area contributed by atoms with Crippen molar-refractivity contribution in [1.82, 2.24) is 9.62 Å². The zero-order valence-corrected chi connectivity index (χ0v) is 38.9. The smallest absolute Gasteiger partial charge is 0.293 e. The quantitative estimate of drug-likeness (QED) is 0.119. The first-order valence-electron chi connectivity index (χ1n) is 23.6. The number of ketones is 1. The summed E-state index contributed by atoms with van der Waals surface area (Å²) in [6.45, 7) is 17.8. The van der Waals surface area contributed by atoms with Gasteiger partial charge in [0.25, 0.3) is 21.6 Å². The van der Waals surface area contributed by atoms with Crippen molar-refractivity contribution in [1.29, 1.82) is 0 Å². The van der Waals surface area contributed by atoms with Gasteiger partial charge in [0.05, 0.1) is 15.2 Å². The second-order valence-corrected chi connectivity index (χ2v) is 22.7. The number of rotatable bonds is 14. The Morgan fingerprint density at radius 1 is 0.922 bits per heavy atom. The zero-order valence-electron chi connectivity index (χ0n) is 38.1. The average Bonchev–Trinajstić information content (AvgIpc) is 3.68.